The van der Waals surface area contributed by atoms with Crippen molar-refractivity contribution in [2.75, 3.05) is 7.11 Å². The van der Waals surface area contributed by atoms with E-state index < -0.39 is 8.32 Å². The third-order valence-electron chi connectivity index (χ3n) is 4.83. The van der Waals surface area contributed by atoms with Crippen LogP contribution in [0.5, 0.6) is 0 Å². The molecule has 158 valence electrons. The van der Waals surface area contributed by atoms with Gasteiger partial charge in [0.1, 0.15) is 6.10 Å². The van der Waals surface area contributed by atoms with E-state index in [1.807, 2.05) is 0 Å². The van der Waals surface area contributed by atoms with Crippen LogP contribution in [0.4, 0.5) is 0 Å². The van der Waals surface area contributed by atoms with Crippen LogP contribution in [0, 0.1) is 0 Å². The summed E-state index contributed by atoms with van der Waals surface area (Å²) >= 11 is 0. The Kier molecular flexibility index (Phi) is 12.2. The molecule has 0 amide bonds. The topological polar surface area (TPSA) is 48.1 Å². The van der Waals surface area contributed by atoms with Crippen LogP contribution in [0.2, 0.25) is 19.6 Å². The van der Waals surface area contributed by atoms with Gasteiger partial charge in [0.25, 0.3) is 0 Å². The number of unbranched alkanes of at least 4 members (excludes halogenated alkanes) is 7. The van der Waals surface area contributed by atoms with Crippen LogP contribution in [0.1, 0.15) is 77.6 Å². The lowest BCUT2D eigenvalue weighted by molar-refractivity contribution is -0.140. The summed E-state index contributed by atoms with van der Waals surface area (Å²) in [6.07, 6.45) is 17.6. The molecule has 1 aliphatic rings. The van der Waals surface area contributed by atoms with Gasteiger partial charge in [-0.15, -0.1) is 0 Å². The zero-order valence-corrected chi connectivity index (χ0v) is 19.3. The van der Waals surface area contributed by atoms with Crippen LogP contribution in [-0.2, 0) is 18.7 Å². The first-order chi connectivity index (χ1) is 12.9. The zero-order chi connectivity index (χ0) is 20.1. The van der Waals surface area contributed by atoms with Crippen molar-refractivity contribution in [2.24, 2.45) is 0 Å². The maximum absolute atomic E-state index is 11.1. The Hall–Kier alpha value is -0.653. The third kappa shape index (κ3) is 12.4. The molecule has 1 heterocycles. The summed E-state index contributed by atoms with van der Waals surface area (Å²) in [5, 5.41) is 0. The van der Waals surface area contributed by atoms with Crippen molar-refractivity contribution in [3.05, 3.63) is 12.2 Å². The summed E-state index contributed by atoms with van der Waals surface area (Å²) in [7, 11) is -0.130. The summed E-state index contributed by atoms with van der Waals surface area (Å²) < 4.78 is 17.0. The first-order valence-electron chi connectivity index (χ1n) is 10.9. The van der Waals surface area contributed by atoms with Gasteiger partial charge in [-0.1, -0.05) is 57.6 Å². The van der Waals surface area contributed by atoms with Crippen molar-refractivity contribution in [3.63, 3.8) is 0 Å². The molecule has 1 rings (SSSR count). The number of rotatable bonds is 16. The van der Waals surface area contributed by atoms with Crippen molar-refractivity contribution < 1.29 is 18.7 Å². The standard InChI is InChI=1S/C22H42O4Si/c1-6-7-13-16-19-22(25-19)20(26-27(3,4)5)17-14-11-9-8-10-12-15-18-21(23)24-2/h14,17,19-20,22H,6-13,15-16,18H2,1-5H3/b17-14+. The smallest absolute Gasteiger partial charge is 0.305 e. The van der Waals surface area contributed by atoms with Crippen LogP contribution in [0.15, 0.2) is 12.2 Å². The fourth-order valence-electron chi connectivity index (χ4n) is 3.29. The average molecular weight is 399 g/mol. The lowest BCUT2D eigenvalue weighted by Crippen LogP contribution is -2.34. The molecule has 27 heavy (non-hydrogen) atoms. The highest BCUT2D eigenvalue weighted by Crippen LogP contribution is 2.33. The van der Waals surface area contributed by atoms with Gasteiger partial charge in [-0.2, -0.15) is 0 Å². The van der Waals surface area contributed by atoms with Crippen molar-refractivity contribution in [3.8, 4) is 0 Å². The van der Waals surface area contributed by atoms with Gasteiger partial charge in [-0.3, -0.25) is 4.79 Å². The first-order valence-corrected chi connectivity index (χ1v) is 14.3. The molecular weight excluding hydrogens is 356 g/mol. The molecule has 0 spiro atoms. The predicted molar refractivity (Wildman–Crippen MR) is 114 cm³/mol. The monoisotopic (exact) mass is 398 g/mol. The van der Waals surface area contributed by atoms with Crippen LogP contribution in [0.25, 0.3) is 0 Å². The van der Waals surface area contributed by atoms with Gasteiger partial charge in [-0.05, 0) is 45.3 Å². The Bertz CT molecular complexity index is 431. The minimum Gasteiger partial charge on any atom is -0.469 e. The van der Waals surface area contributed by atoms with Gasteiger partial charge in [0.05, 0.1) is 19.3 Å². The van der Waals surface area contributed by atoms with Crippen molar-refractivity contribution in [2.45, 2.75) is 116 Å². The molecule has 0 aromatic heterocycles. The Morgan fingerprint density at radius 1 is 1.07 bits per heavy atom. The van der Waals surface area contributed by atoms with E-state index in [1.54, 1.807) is 0 Å². The van der Waals surface area contributed by atoms with Gasteiger partial charge in [0.2, 0.25) is 0 Å². The van der Waals surface area contributed by atoms with Gasteiger partial charge < -0.3 is 13.9 Å². The number of allylic oxidation sites excluding steroid dienone is 1. The molecule has 3 unspecified atom stereocenters. The number of esters is 1. The van der Waals surface area contributed by atoms with Crippen LogP contribution in [0.3, 0.4) is 0 Å². The van der Waals surface area contributed by atoms with Crippen LogP contribution >= 0.6 is 0 Å². The van der Waals surface area contributed by atoms with E-state index in [4.69, 9.17) is 9.16 Å². The normalized spacial score (nSPS) is 20.8. The van der Waals surface area contributed by atoms with E-state index in [2.05, 4.69) is 43.5 Å². The molecule has 4 nitrogen and oxygen atoms in total. The first kappa shape index (κ1) is 24.4. The molecule has 0 aromatic rings. The van der Waals surface area contributed by atoms with E-state index in [0.717, 1.165) is 19.3 Å². The van der Waals surface area contributed by atoms with Crippen LogP contribution in [-0.4, -0.2) is 39.7 Å². The summed E-state index contributed by atoms with van der Waals surface area (Å²) in [5.41, 5.74) is 0. The maximum Gasteiger partial charge on any atom is 0.305 e. The van der Waals surface area contributed by atoms with E-state index in [1.165, 1.54) is 52.1 Å². The Labute approximate surface area is 168 Å². The van der Waals surface area contributed by atoms with Gasteiger partial charge in [0.15, 0.2) is 8.32 Å². The lowest BCUT2D eigenvalue weighted by Gasteiger charge is -2.23. The number of hydrogen-bond acceptors (Lipinski definition) is 4. The molecule has 0 saturated carbocycles. The summed E-state index contributed by atoms with van der Waals surface area (Å²) in [4.78, 5) is 11.1. The van der Waals surface area contributed by atoms with E-state index in [-0.39, 0.29) is 18.2 Å². The minimum absolute atomic E-state index is 0.0957. The minimum atomic E-state index is -1.58. The molecule has 0 aliphatic carbocycles. The summed E-state index contributed by atoms with van der Waals surface area (Å²) in [6, 6.07) is 0. The van der Waals surface area contributed by atoms with Gasteiger partial charge in [-0.25, -0.2) is 0 Å². The highest BCUT2D eigenvalue weighted by molar-refractivity contribution is 6.69. The number of carbonyl (C=O) groups is 1. The van der Waals surface area contributed by atoms with E-state index in [0.29, 0.717) is 12.5 Å². The molecule has 0 bridgehead atoms. The highest BCUT2D eigenvalue weighted by atomic mass is 28.4. The molecule has 5 heteroatoms. The number of methoxy groups -OCH3 is 1. The summed E-state index contributed by atoms with van der Waals surface area (Å²) in [5.74, 6) is -0.0957. The van der Waals surface area contributed by atoms with E-state index >= 15 is 0 Å². The molecule has 0 radical (unpaired) electrons. The SMILES string of the molecule is CCCCCC1OC1C(/C=C/CCCCCCCC(=O)OC)O[Si](C)(C)C. The van der Waals surface area contributed by atoms with Crippen molar-refractivity contribution in [1.29, 1.82) is 0 Å². The molecule has 3 atom stereocenters. The Balaban J connectivity index is 2.22. The number of carbonyl (C=O) groups excluding carboxylic acids is 1. The fourth-order valence-corrected chi connectivity index (χ4v) is 4.32. The lowest BCUT2D eigenvalue weighted by atomic mass is 10.1. The molecule has 0 aromatic carbocycles. The average Bonchev–Trinajstić information content (AvgIpc) is 3.37. The Morgan fingerprint density at radius 2 is 1.78 bits per heavy atom. The largest absolute Gasteiger partial charge is 0.469 e. The highest BCUT2D eigenvalue weighted by Gasteiger charge is 2.44. The second kappa shape index (κ2) is 13.5. The van der Waals surface area contributed by atoms with Gasteiger partial charge >= 0.3 is 5.97 Å². The second-order valence-corrected chi connectivity index (χ2v) is 13.1. The number of hydrogen-bond donors (Lipinski definition) is 0. The molecular formula is C22H42O4Si. The Morgan fingerprint density at radius 3 is 2.44 bits per heavy atom. The number of epoxide rings is 1. The van der Waals surface area contributed by atoms with Crippen LogP contribution < -0.4 is 0 Å². The molecule has 1 aliphatic heterocycles. The molecule has 1 fully saturated rings. The van der Waals surface area contributed by atoms with Gasteiger partial charge in [0, 0.05) is 6.42 Å². The maximum atomic E-state index is 11.1. The predicted octanol–water partition coefficient (Wildman–Crippen LogP) is 6.01. The van der Waals surface area contributed by atoms with E-state index in [9.17, 15) is 4.79 Å². The van der Waals surface area contributed by atoms with Crippen molar-refractivity contribution >= 4 is 14.3 Å². The molecule has 1 saturated heterocycles. The third-order valence-corrected chi connectivity index (χ3v) is 5.81. The fraction of sp³-hybridized carbons (Fsp3) is 0.864. The zero-order valence-electron chi connectivity index (χ0n) is 18.3. The second-order valence-electron chi connectivity index (χ2n) is 8.64. The quantitative estimate of drug-likeness (QED) is 0.105. The molecule has 0 N–H and O–H groups in total. The number of ether oxygens (including phenoxy) is 2. The summed E-state index contributed by atoms with van der Waals surface area (Å²) in [6.45, 7) is 8.98. The van der Waals surface area contributed by atoms with Crippen molar-refractivity contribution in [1.82, 2.24) is 0 Å².